The normalized spacial score (nSPS) is 10.3. The minimum Gasteiger partial charge on any atom is -0.494 e. The molecule has 0 atom stereocenters. The van der Waals surface area contributed by atoms with Crippen LogP contribution in [0.1, 0.15) is 30.1 Å². The Morgan fingerprint density at radius 2 is 1.88 bits per heavy atom. The van der Waals surface area contributed by atoms with Gasteiger partial charge in [-0.1, -0.05) is 11.6 Å². The first-order valence-corrected chi connectivity index (χ1v) is 7.82. The molecule has 4 nitrogen and oxygen atoms in total. The topological polar surface area (TPSA) is 55.4 Å². The lowest BCUT2D eigenvalue weighted by Gasteiger charge is -2.08. The molecule has 0 heterocycles. The molecule has 1 amide bonds. The molecule has 126 valence electrons. The number of amides is 1. The van der Waals surface area contributed by atoms with E-state index >= 15 is 0 Å². The molecule has 0 saturated heterocycles. The Kier molecular flexibility index (Phi) is 6.32. The second kappa shape index (κ2) is 8.45. The lowest BCUT2D eigenvalue weighted by atomic mass is 10.1. The van der Waals surface area contributed by atoms with Crippen LogP contribution >= 0.6 is 11.6 Å². The summed E-state index contributed by atoms with van der Waals surface area (Å²) in [5, 5.41) is 2.83. The zero-order valence-electron chi connectivity index (χ0n) is 13.1. The molecule has 0 fully saturated rings. The molecule has 0 spiro atoms. The maximum absolute atomic E-state index is 13.5. The number of benzene rings is 2. The van der Waals surface area contributed by atoms with Gasteiger partial charge in [0.05, 0.1) is 12.3 Å². The molecule has 0 radical (unpaired) electrons. The fourth-order valence-electron chi connectivity index (χ4n) is 2.01. The number of carbonyl (C=O) groups is 2. The Morgan fingerprint density at radius 3 is 2.54 bits per heavy atom. The summed E-state index contributed by atoms with van der Waals surface area (Å²) in [4.78, 5) is 23.0. The number of anilines is 1. The van der Waals surface area contributed by atoms with Gasteiger partial charge in [0.15, 0.2) is 5.78 Å². The molecule has 0 aliphatic carbocycles. The highest BCUT2D eigenvalue weighted by molar-refractivity contribution is 6.30. The molecule has 2 aromatic rings. The summed E-state index contributed by atoms with van der Waals surface area (Å²) in [6, 6.07) is 10.8. The second-order valence-electron chi connectivity index (χ2n) is 5.20. The number of halogens is 2. The third kappa shape index (κ3) is 5.35. The summed E-state index contributed by atoms with van der Waals surface area (Å²) >= 11 is 5.77. The van der Waals surface area contributed by atoms with Crippen molar-refractivity contribution in [3.8, 4) is 5.75 Å². The molecular weight excluding hydrogens is 333 g/mol. The van der Waals surface area contributed by atoms with Crippen molar-refractivity contribution in [2.45, 2.75) is 19.8 Å². The Hall–Kier alpha value is -2.40. The average molecular weight is 350 g/mol. The van der Waals surface area contributed by atoms with E-state index in [4.69, 9.17) is 16.3 Å². The number of ketones is 1. The predicted molar refractivity (Wildman–Crippen MR) is 91.2 cm³/mol. The van der Waals surface area contributed by atoms with E-state index in [0.29, 0.717) is 29.4 Å². The first-order chi connectivity index (χ1) is 11.5. The molecule has 2 rings (SSSR count). The molecule has 0 aliphatic rings. The van der Waals surface area contributed by atoms with Crippen LogP contribution < -0.4 is 10.1 Å². The highest BCUT2D eigenvalue weighted by atomic mass is 35.5. The third-order valence-corrected chi connectivity index (χ3v) is 3.52. The van der Waals surface area contributed by atoms with E-state index in [1.54, 1.807) is 24.3 Å². The van der Waals surface area contributed by atoms with E-state index < -0.39 is 5.82 Å². The summed E-state index contributed by atoms with van der Waals surface area (Å²) in [6.07, 6.45) is 0.667. The van der Waals surface area contributed by atoms with Crippen LogP contribution in [-0.2, 0) is 4.79 Å². The molecule has 0 aliphatic heterocycles. The van der Waals surface area contributed by atoms with Crippen molar-refractivity contribution in [1.29, 1.82) is 0 Å². The second-order valence-corrected chi connectivity index (χ2v) is 5.64. The summed E-state index contributed by atoms with van der Waals surface area (Å²) in [5.74, 6) is -0.228. The maximum Gasteiger partial charge on any atom is 0.224 e. The van der Waals surface area contributed by atoms with Crippen LogP contribution in [0.5, 0.6) is 5.75 Å². The van der Waals surface area contributed by atoms with Gasteiger partial charge >= 0.3 is 0 Å². The van der Waals surface area contributed by atoms with Crippen LogP contribution in [0, 0.1) is 5.82 Å². The van der Waals surface area contributed by atoms with E-state index in [-0.39, 0.29) is 23.8 Å². The van der Waals surface area contributed by atoms with E-state index in [1.807, 2.05) is 0 Å². The van der Waals surface area contributed by atoms with E-state index in [0.717, 1.165) is 0 Å². The molecule has 6 heteroatoms. The zero-order chi connectivity index (χ0) is 17.5. The SMILES string of the molecule is CC(=O)c1ccc(OCCCC(=O)Nc2cc(Cl)ccc2F)cc1. The van der Waals surface area contributed by atoms with Crippen LogP contribution in [0.15, 0.2) is 42.5 Å². The summed E-state index contributed by atoms with van der Waals surface area (Å²) in [6.45, 7) is 1.84. The molecular formula is C18H17ClFNO3. The van der Waals surface area contributed by atoms with Crippen molar-refractivity contribution in [1.82, 2.24) is 0 Å². The van der Waals surface area contributed by atoms with E-state index in [2.05, 4.69) is 5.32 Å². The highest BCUT2D eigenvalue weighted by Gasteiger charge is 2.08. The first-order valence-electron chi connectivity index (χ1n) is 7.44. The summed E-state index contributed by atoms with van der Waals surface area (Å²) in [7, 11) is 0. The van der Waals surface area contributed by atoms with Gasteiger partial charge in [0.2, 0.25) is 5.91 Å². The van der Waals surface area contributed by atoms with Crippen LogP contribution in [0.3, 0.4) is 0 Å². The number of carbonyl (C=O) groups excluding carboxylic acids is 2. The van der Waals surface area contributed by atoms with Gasteiger partial charge in [0, 0.05) is 17.0 Å². The fraction of sp³-hybridized carbons (Fsp3) is 0.222. The van der Waals surface area contributed by atoms with Gasteiger partial charge in [-0.25, -0.2) is 4.39 Å². The van der Waals surface area contributed by atoms with E-state index in [1.165, 1.54) is 25.1 Å². The Balaban J connectivity index is 1.74. The molecule has 0 unspecified atom stereocenters. The standard InChI is InChI=1S/C18H17ClFNO3/c1-12(22)13-4-7-15(8-5-13)24-10-2-3-18(23)21-17-11-14(19)6-9-16(17)20/h4-9,11H,2-3,10H2,1H3,(H,21,23). The summed E-state index contributed by atoms with van der Waals surface area (Å²) in [5.41, 5.74) is 0.679. The van der Waals surface area contributed by atoms with Crippen LogP contribution in [0.2, 0.25) is 5.02 Å². The number of hydrogen-bond acceptors (Lipinski definition) is 3. The van der Waals surface area contributed by atoms with Crippen molar-refractivity contribution in [3.63, 3.8) is 0 Å². The lowest BCUT2D eigenvalue weighted by molar-refractivity contribution is -0.116. The molecule has 0 saturated carbocycles. The highest BCUT2D eigenvalue weighted by Crippen LogP contribution is 2.20. The Morgan fingerprint density at radius 1 is 1.17 bits per heavy atom. The quantitative estimate of drug-likeness (QED) is 0.592. The average Bonchev–Trinajstić information content (AvgIpc) is 2.55. The van der Waals surface area contributed by atoms with Gasteiger partial charge in [-0.05, 0) is 55.8 Å². The van der Waals surface area contributed by atoms with Crippen molar-refractivity contribution in [2.24, 2.45) is 0 Å². The Labute approximate surface area is 144 Å². The predicted octanol–water partition coefficient (Wildman–Crippen LogP) is 4.48. The number of Topliss-reactive ketones (excluding diaryl/α,β-unsaturated/α-hetero) is 1. The maximum atomic E-state index is 13.5. The van der Waals surface area contributed by atoms with Gasteiger partial charge in [-0.2, -0.15) is 0 Å². The van der Waals surface area contributed by atoms with Crippen molar-refractivity contribution < 1.29 is 18.7 Å². The van der Waals surface area contributed by atoms with Gasteiger partial charge < -0.3 is 10.1 Å². The zero-order valence-corrected chi connectivity index (χ0v) is 13.9. The monoisotopic (exact) mass is 349 g/mol. The number of ether oxygens (including phenoxy) is 1. The van der Waals surface area contributed by atoms with Gasteiger partial charge in [0.25, 0.3) is 0 Å². The van der Waals surface area contributed by atoms with Crippen molar-refractivity contribution >= 4 is 29.0 Å². The fourth-order valence-corrected chi connectivity index (χ4v) is 2.19. The molecule has 0 aromatic heterocycles. The van der Waals surface area contributed by atoms with Gasteiger partial charge in [0.1, 0.15) is 11.6 Å². The minimum atomic E-state index is -0.533. The van der Waals surface area contributed by atoms with Crippen molar-refractivity contribution in [3.05, 3.63) is 58.9 Å². The number of hydrogen-bond donors (Lipinski definition) is 1. The Bertz CT molecular complexity index is 732. The van der Waals surface area contributed by atoms with Gasteiger partial charge in [-0.3, -0.25) is 9.59 Å². The van der Waals surface area contributed by atoms with Gasteiger partial charge in [-0.15, -0.1) is 0 Å². The first kappa shape index (κ1) is 17.9. The molecule has 0 bridgehead atoms. The number of nitrogens with one attached hydrogen (secondary N) is 1. The number of rotatable bonds is 7. The molecule has 24 heavy (non-hydrogen) atoms. The largest absolute Gasteiger partial charge is 0.494 e. The third-order valence-electron chi connectivity index (χ3n) is 3.28. The molecule has 2 aromatic carbocycles. The molecule has 1 N–H and O–H groups in total. The van der Waals surface area contributed by atoms with E-state index in [9.17, 15) is 14.0 Å². The lowest BCUT2D eigenvalue weighted by Crippen LogP contribution is -2.13. The van der Waals surface area contributed by atoms with Crippen LogP contribution in [0.4, 0.5) is 10.1 Å². The smallest absolute Gasteiger partial charge is 0.224 e. The van der Waals surface area contributed by atoms with Crippen LogP contribution in [0.25, 0.3) is 0 Å². The minimum absolute atomic E-state index is 0.00790. The van der Waals surface area contributed by atoms with Crippen LogP contribution in [-0.4, -0.2) is 18.3 Å². The summed E-state index contributed by atoms with van der Waals surface area (Å²) < 4.78 is 19.0. The van der Waals surface area contributed by atoms with Crippen molar-refractivity contribution in [2.75, 3.05) is 11.9 Å².